The van der Waals surface area contributed by atoms with E-state index in [2.05, 4.69) is 0 Å². The average molecular weight is 161 g/mol. The highest BCUT2D eigenvalue weighted by atomic mass is 32.1. The minimum Gasteiger partial charge on any atom is -0.284 e. The van der Waals surface area contributed by atoms with E-state index in [0.717, 1.165) is 10.1 Å². The molecule has 0 spiro atoms. The van der Waals surface area contributed by atoms with Gasteiger partial charge in [0, 0.05) is 4.70 Å². The zero-order valence-electron chi connectivity index (χ0n) is 5.70. The molecule has 0 saturated carbocycles. The molecule has 0 amide bonds. The lowest BCUT2D eigenvalue weighted by atomic mass is 10.2. The Kier molecular flexibility index (Phi) is 1.47. The predicted molar refractivity (Wildman–Crippen MR) is 46.6 cm³/mol. The second-order valence-corrected chi connectivity index (χ2v) is 3.33. The topological polar surface area (TPSA) is 17.1 Å². The van der Waals surface area contributed by atoms with Crippen LogP contribution in [0.25, 0.3) is 10.1 Å². The second kappa shape index (κ2) is 2.47. The molecule has 1 aromatic carbocycles. The van der Waals surface area contributed by atoms with E-state index in [1.54, 1.807) is 0 Å². The van der Waals surface area contributed by atoms with E-state index >= 15 is 0 Å². The molecule has 1 aromatic heterocycles. The van der Waals surface area contributed by atoms with Crippen molar-refractivity contribution in [1.82, 2.24) is 0 Å². The molecule has 11 heavy (non-hydrogen) atoms. The first kappa shape index (κ1) is 6.55. The Hall–Kier alpha value is -1.15. The summed E-state index contributed by atoms with van der Waals surface area (Å²) in [6, 6.07) is 9.78. The molecule has 1 radical (unpaired) electrons. The summed E-state index contributed by atoms with van der Waals surface area (Å²) >= 11 is 1.47. The van der Waals surface area contributed by atoms with E-state index < -0.39 is 0 Å². The fourth-order valence-corrected chi connectivity index (χ4v) is 1.89. The largest absolute Gasteiger partial charge is 0.284 e. The first-order valence-electron chi connectivity index (χ1n) is 3.27. The minimum atomic E-state index is 0.672. The Bertz CT molecular complexity index is 356. The lowest BCUT2D eigenvalue weighted by Gasteiger charge is -1.82. The van der Waals surface area contributed by atoms with Gasteiger partial charge in [-0.2, -0.15) is 0 Å². The first-order chi connectivity index (χ1) is 5.40. The average Bonchev–Trinajstić information content (AvgIpc) is 2.46. The van der Waals surface area contributed by atoms with Gasteiger partial charge < -0.3 is 0 Å². The molecule has 0 atom stereocenters. The van der Waals surface area contributed by atoms with Gasteiger partial charge in [0.15, 0.2) is 0 Å². The van der Waals surface area contributed by atoms with Crippen LogP contribution < -0.4 is 0 Å². The Labute approximate surface area is 68.3 Å². The number of fused-ring (bicyclic) bond motifs is 1. The van der Waals surface area contributed by atoms with Gasteiger partial charge in [0.05, 0.1) is 4.88 Å². The van der Waals surface area contributed by atoms with Crippen molar-refractivity contribution < 1.29 is 4.79 Å². The Morgan fingerprint density at radius 1 is 1.27 bits per heavy atom. The molecule has 53 valence electrons. The molecule has 2 aromatic rings. The van der Waals surface area contributed by atoms with Crippen molar-refractivity contribution >= 4 is 27.7 Å². The van der Waals surface area contributed by atoms with E-state index in [1.807, 2.05) is 36.6 Å². The number of benzene rings is 1. The number of rotatable bonds is 1. The minimum absolute atomic E-state index is 0.672. The third-order valence-corrected chi connectivity index (χ3v) is 2.54. The first-order valence-corrected chi connectivity index (χ1v) is 4.08. The molecule has 2 heteroatoms. The highest BCUT2D eigenvalue weighted by Crippen LogP contribution is 2.23. The zero-order chi connectivity index (χ0) is 7.68. The molecular formula is C9H5OS. The monoisotopic (exact) mass is 161 g/mol. The van der Waals surface area contributed by atoms with Crippen LogP contribution in [-0.4, -0.2) is 6.29 Å². The number of hydrogen-bond acceptors (Lipinski definition) is 2. The summed E-state index contributed by atoms with van der Waals surface area (Å²) in [5, 5.41) is 1.12. The molecular weight excluding hydrogens is 156 g/mol. The normalized spacial score (nSPS) is 10.2. The van der Waals surface area contributed by atoms with Crippen LogP contribution in [0.3, 0.4) is 0 Å². The molecule has 0 saturated heterocycles. The Morgan fingerprint density at radius 2 is 2.09 bits per heavy atom. The smallest absolute Gasteiger partial charge is 0.244 e. The van der Waals surface area contributed by atoms with E-state index in [4.69, 9.17) is 0 Å². The third-order valence-electron chi connectivity index (χ3n) is 1.53. The van der Waals surface area contributed by atoms with Gasteiger partial charge >= 0.3 is 0 Å². The van der Waals surface area contributed by atoms with Crippen molar-refractivity contribution in [2.24, 2.45) is 0 Å². The van der Waals surface area contributed by atoms with Crippen LogP contribution in [0.1, 0.15) is 4.88 Å². The van der Waals surface area contributed by atoms with Crippen LogP contribution in [0.15, 0.2) is 30.3 Å². The number of hydrogen-bond donors (Lipinski definition) is 0. The van der Waals surface area contributed by atoms with Gasteiger partial charge in [-0.3, -0.25) is 4.79 Å². The number of thiophene rings is 1. The summed E-state index contributed by atoms with van der Waals surface area (Å²) in [5.74, 6) is 0. The fraction of sp³-hybridized carbons (Fsp3) is 0. The van der Waals surface area contributed by atoms with E-state index in [1.165, 1.54) is 11.3 Å². The summed E-state index contributed by atoms with van der Waals surface area (Å²) in [6.07, 6.45) is 1.88. The zero-order valence-corrected chi connectivity index (χ0v) is 6.52. The van der Waals surface area contributed by atoms with Gasteiger partial charge in [0.2, 0.25) is 6.29 Å². The van der Waals surface area contributed by atoms with Crippen molar-refractivity contribution in [2.75, 3.05) is 0 Å². The molecule has 0 unspecified atom stereocenters. The summed E-state index contributed by atoms with van der Waals surface area (Å²) in [6.45, 7) is 0. The van der Waals surface area contributed by atoms with Crippen molar-refractivity contribution in [3.05, 3.63) is 35.2 Å². The molecule has 1 heterocycles. The van der Waals surface area contributed by atoms with Crippen molar-refractivity contribution in [2.45, 2.75) is 0 Å². The van der Waals surface area contributed by atoms with E-state index in [9.17, 15) is 4.79 Å². The van der Waals surface area contributed by atoms with Crippen molar-refractivity contribution in [3.8, 4) is 0 Å². The Morgan fingerprint density at radius 3 is 2.82 bits per heavy atom. The molecule has 1 nitrogen and oxygen atoms in total. The maximum atomic E-state index is 10.3. The van der Waals surface area contributed by atoms with Gasteiger partial charge in [-0.1, -0.05) is 18.2 Å². The fourth-order valence-electron chi connectivity index (χ4n) is 1.03. The standard InChI is InChI=1S/C9H5OS/c10-6-8-5-7-3-1-2-4-9(7)11-8/h1-5H. The van der Waals surface area contributed by atoms with Crippen LogP contribution in [0.2, 0.25) is 0 Å². The Balaban J connectivity index is 2.78. The van der Waals surface area contributed by atoms with Gasteiger partial charge in [-0.05, 0) is 17.5 Å². The van der Waals surface area contributed by atoms with Crippen LogP contribution in [-0.2, 0) is 4.79 Å². The lowest BCUT2D eigenvalue weighted by molar-refractivity contribution is 0.563. The molecule has 0 aliphatic rings. The molecule has 0 fully saturated rings. The lowest BCUT2D eigenvalue weighted by Crippen LogP contribution is -1.64. The number of carbonyl (C=O) groups excluding carboxylic acids is 1. The molecule has 0 N–H and O–H groups in total. The van der Waals surface area contributed by atoms with Crippen molar-refractivity contribution in [1.29, 1.82) is 0 Å². The van der Waals surface area contributed by atoms with Crippen LogP contribution in [0.4, 0.5) is 0 Å². The van der Waals surface area contributed by atoms with Crippen LogP contribution >= 0.6 is 11.3 Å². The van der Waals surface area contributed by atoms with Gasteiger partial charge in [-0.25, -0.2) is 0 Å². The second-order valence-electron chi connectivity index (χ2n) is 2.25. The predicted octanol–water partition coefficient (Wildman–Crippen LogP) is 2.36. The maximum absolute atomic E-state index is 10.3. The molecule has 2 rings (SSSR count). The SMILES string of the molecule is O=[C]c1cc2ccccc2s1. The quantitative estimate of drug-likeness (QED) is 0.627. The highest BCUT2D eigenvalue weighted by molar-refractivity contribution is 7.20. The van der Waals surface area contributed by atoms with Gasteiger partial charge in [0.1, 0.15) is 0 Å². The van der Waals surface area contributed by atoms with E-state index in [-0.39, 0.29) is 0 Å². The molecule has 0 aliphatic heterocycles. The maximum Gasteiger partial charge on any atom is 0.244 e. The summed E-state index contributed by atoms with van der Waals surface area (Å²) in [4.78, 5) is 10.9. The highest BCUT2D eigenvalue weighted by Gasteiger charge is 1.98. The van der Waals surface area contributed by atoms with Crippen LogP contribution in [0.5, 0.6) is 0 Å². The summed E-state index contributed by atoms with van der Waals surface area (Å²) in [7, 11) is 0. The van der Waals surface area contributed by atoms with Gasteiger partial charge in [-0.15, -0.1) is 11.3 Å². The van der Waals surface area contributed by atoms with Crippen molar-refractivity contribution in [3.63, 3.8) is 0 Å². The van der Waals surface area contributed by atoms with E-state index in [0.29, 0.717) is 4.88 Å². The molecule has 0 aliphatic carbocycles. The molecule has 0 bridgehead atoms. The van der Waals surface area contributed by atoms with Crippen LogP contribution in [0, 0.1) is 0 Å². The van der Waals surface area contributed by atoms with Gasteiger partial charge in [0.25, 0.3) is 0 Å². The summed E-state index contributed by atoms with van der Waals surface area (Å²) in [5.41, 5.74) is 0. The third kappa shape index (κ3) is 1.05. The summed E-state index contributed by atoms with van der Waals surface area (Å²) < 4.78 is 1.14.